The van der Waals surface area contributed by atoms with Crippen molar-refractivity contribution in [1.82, 2.24) is 34.6 Å². The lowest BCUT2D eigenvalue weighted by atomic mass is 10.2. The summed E-state index contributed by atoms with van der Waals surface area (Å²) in [5.74, 6) is 1.43. The van der Waals surface area contributed by atoms with Crippen LogP contribution >= 0.6 is 11.3 Å². The first-order valence-corrected chi connectivity index (χ1v) is 11.9. The normalized spacial score (nSPS) is 16.9. The van der Waals surface area contributed by atoms with Crippen LogP contribution in [0.5, 0.6) is 0 Å². The molecule has 0 radical (unpaired) electrons. The molecule has 1 fully saturated rings. The van der Waals surface area contributed by atoms with E-state index in [0.717, 1.165) is 5.52 Å². The number of halogens is 3. The van der Waals surface area contributed by atoms with Crippen LogP contribution in [0, 0.1) is 13.8 Å². The Morgan fingerprint density at radius 3 is 2.60 bits per heavy atom. The van der Waals surface area contributed by atoms with Gasteiger partial charge >= 0.3 is 6.18 Å². The summed E-state index contributed by atoms with van der Waals surface area (Å²) in [5, 5.41) is 3.71. The largest absolute Gasteiger partial charge is 0.443 e. The van der Waals surface area contributed by atoms with E-state index in [4.69, 9.17) is 0 Å². The van der Waals surface area contributed by atoms with E-state index in [0.29, 0.717) is 53.1 Å². The van der Waals surface area contributed by atoms with Crippen molar-refractivity contribution >= 4 is 33.3 Å². The number of benzene rings is 1. The third-order valence-corrected chi connectivity index (χ3v) is 7.11. The Bertz CT molecular complexity index is 1360. The summed E-state index contributed by atoms with van der Waals surface area (Å²) in [4.78, 5) is 32.2. The maximum Gasteiger partial charge on any atom is 0.443 e. The number of hydrogen-bond acceptors (Lipinski definition) is 7. The van der Waals surface area contributed by atoms with E-state index in [1.165, 1.54) is 0 Å². The van der Waals surface area contributed by atoms with Crippen LogP contribution in [0.4, 0.5) is 18.2 Å². The van der Waals surface area contributed by atoms with Gasteiger partial charge in [-0.2, -0.15) is 18.3 Å². The first kappa shape index (κ1) is 23.3. The Hall–Kier alpha value is -3.48. The number of piperazine rings is 1. The summed E-state index contributed by atoms with van der Waals surface area (Å²) in [5.41, 5.74) is 1.54. The first-order chi connectivity index (χ1) is 16.6. The molecule has 0 aliphatic carbocycles. The zero-order chi connectivity index (χ0) is 24.9. The number of fused-ring (bicyclic) bond motifs is 1. The number of nitrogens with zero attached hydrogens (tertiary/aromatic N) is 7. The summed E-state index contributed by atoms with van der Waals surface area (Å²) in [6.07, 6.45) is -4.57. The third-order valence-electron chi connectivity index (χ3n) is 5.95. The minimum atomic E-state index is -4.57. The second kappa shape index (κ2) is 8.63. The van der Waals surface area contributed by atoms with Crippen molar-refractivity contribution in [1.29, 1.82) is 0 Å². The molecule has 3 aromatic heterocycles. The number of H-pyrrole nitrogens is 1. The number of para-hydroxylation sites is 2. The molecule has 1 N–H and O–H groups in total. The van der Waals surface area contributed by atoms with Crippen LogP contribution in [0.2, 0.25) is 0 Å². The molecule has 35 heavy (non-hydrogen) atoms. The molecule has 1 aliphatic rings. The molecule has 0 spiro atoms. The molecule has 4 heterocycles. The number of carbonyl (C=O) groups is 1. The number of aromatic amines is 1. The highest BCUT2D eigenvalue weighted by Gasteiger charge is 2.39. The summed E-state index contributed by atoms with van der Waals surface area (Å²) >= 11 is 0.601. The van der Waals surface area contributed by atoms with Gasteiger partial charge in [0.2, 0.25) is 10.9 Å². The molecule has 1 saturated heterocycles. The summed E-state index contributed by atoms with van der Waals surface area (Å²) in [6, 6.07) is 7.02. The Balaban J connectivity index is 1.40. The van der Waals surface area contributed by atoms with E-state index in [1.54, 1.807) is 29.5 Å². The van der Waals surface area contributed by atoms with Gasteiger partial charge in [0.25, 0.3) is 0 Å². The van der Waals surface area contributed by atoms with Gasteiger partial charge in [-0.1, -0.05) is 23.5 Å². The van der Waals surface area contributed by atoms with Crippen molar-refractivity contribution in [3.8, 4) is 11.5 Å². The fraction of sp³-hybridized carbons (Fsp3) is 0.409. The highest BCUT2D eigenvalue weighted by atomic mass is 32.1. The van der Waals surface area contributed by atoms with Crippen LogP contribution < -0.4 is 4.90 Å². The van der Waals surface area contributed by atoms with Gasteiger partial charge in [0.15, 0.2) is 5.82 Å². The highest BCUT2D eigenvalue weighted by molar-refractivity contribution is 7.16. The van der Waals surface area contributed by atoms with Gasteiger partial charge in [-0.05, 0) is 32.9 Å². The van der Waals surface area contributed by atoms with Crippen LogP contribution in [0.1, 0.15) is 23.6 Å². The summed E-state index contributed by atoms with van der Waals surface area (Å²) in [7, 11) is 0. The van der Waals surface area contributed by atoms with Crippen molar-refractivity contribution in [2.45, 2.75) is 39.5 Å². The minimum Gasteiger partial charge on any atom is -0.358 e. The van der Waals surface area contributed by atoms with Crippen molar-refractivity contribution < 1.29 is 18.0 Å². The predicted molar refractivity (Wildman–Crippen MR) is 125 cm³/mol. The molecule has 1 atom stereocenters. The third kappa shape index (κ3) is 4.47. The Morgan fingerprint density at radius 1 is 1.17 bits per heavy atom. The molecule has 184 valence electrons. The van der Waals surface area contributed by atoms with Crippen LogP contribution in [-0.2, 0) is 17.5 Å². The number of amides is 1. The molecule has 5 rings (SSSR count). The molecule has 1 amide bonds. The minimum absolute atomic E-state index is 0.0695. The standard InChI is InChI=1S/C22H23F3N8OS/c1-12-10-31(8-9-32(12)17(34)11-33-14(3)26-13(2)30-33)20-18(29-21(35-20)22(23,24)25)19-27-15-6-4-5-7-16(15)28-19/h4-7,12H,8-11H2,1-3H3,(H,27,28). The predicted octanol–water partition coefficient (Wildman–Crippen LogP) is 3.65. The first-order valence-electron chi connectivity index (χ1n) is 11.1. The number of nitrogens with one attached hydrogen (secondary N) is 1. The molecule has 1 aromatic carbocycles. The Labute approximate surface area is 202 Å². The fourth-order valence-corrected chi connectivity index (χ4v) is 5.28. The molecule has 9 nitrogen and oxygen atoms in total. The molecule has 0 bridgehead atoms. The SMILES string of the molecule is Cc1nc(C)n(CC(=O)N2CCN(c3sc(C(F)(F)F)nc3-c3nc4ccccc4[nH]3)CC2C)n1. The molecular formula is C22H23F3N8OS. The Morgan fingerprint density at radius 2 is 1.94 bits per heavy atom. The van der Waals surface area contributed by atoms with Gasteiger partial charge in [0, 0.05) is 25.7 Å². The van der Waals surface area contributed by atoms with Crippen LogP contribution in [0.15, 0.2) is 24.3 Å². The molecule has 1 aliphatic heterocycles. The molecule has 0 saturated carbocycles. The van der Waals surface area contributed by atoms with Crippen LogP contribution in [-0.4, -0.2) is 66.2 Å². The number of aryl methyl sites for hydroxylation is 2. The number of aromatic nitrogens is 6. The lowest BCUT2D eigenvalue weighted by Gasteiger charge is -2.40. The molecule has 13 heteroatoms. The van der Waals surface area contributed by atoms with Crippen molar-refractivity contribution in [2.24, 2.45) is 0 Å². The summed E-state index contributed by atoms with van der Waals surface area (Å²) < 4.78 is 42.3. The average Bonchev–Trinajstić information content (AvgIpc) is 3.49. The maximum atomic E-state index is 13.6. The number of imidazole rings is 1. The smallest absolute Gasteiger partial charge is 0.358 e. The lowest BCUT2D eigenvalue weighted by Crippen LogP contribution is -2.54. The van der Waals surface area contributed by atoms with E-state index in [1.807, 2.05) is 30.0 Å². The zero-order valence-corrected chi connectivity index (χ0v) is 20.1. The van der Waals surface area contributed by atoms with Gasteiger partial charge < -0.3 is 14.8 Å². The van der Waals surface area contributed by atoms with Crippen LogP contribution in [0.3, 0.4) is 0 Å². The highest BCUT2D eigenvalue weighted by Crippen LogP contribution is 2.42. The van der Waals surface area contributed by atoms with Gasteiger partial charge in [0.1, 0.15) is 28.9 Å². The van der Waals surface area contributed by atoms with Crippen LogP contribution in [0.25, 0.3) is 22.6 Å². The number of carbonyl (C=O) groups excluding carboxylic acids is 1. The van der Waals surface area contributed by atoms with Crippen molar-refractivity contribution in [3.05, 3.63) is 40.9 Å². The Kier molecular flexibility index (Phi) is 5.74. The van der Waals surface area contributed by atoms with E-state index >= 15 is 0 Å². The molecule has 1 unspecified atom stereocenters. The number of anilines is 1. The molecular weight excluding hydrogens is 481 g/mol. The van der Waals surface area contributed by atoms with E-state index in [-0.39, 0.29) is 30.0 Å². The van der Waals surface area contributed by atoms with Crippen molar-refractivity contribution in [3.63, 3.8) is 0 Å². The fourth-order valence-electron chi connectivity index (χ4n) is 4.31. The van der Waals surface area contributed by atoms with Gasteiger partial charge in [-0.15, -0.1) is 0 Å². The summed E-state index contributed by atoms with van der Waals surface area (Å²) in [6.45, 7) is 6.61. The number of alkyl halides is 3. The van der Waals surface area contributed by atoms with E-state index in [2.05, 4.69) is 25.0 Å². The topological polar surface area (TPSA) is 95.8 Å². The van der Waals surface area contributed by atoms with E-state index in [9.17, 15) is 18.0 Å². The average molecular weight is 505 g/mol. The van der Waals surface area contributed by atoms with E-state index < -0.39 is 11.2 Å². The number of rotatable bonds is 4. The number of thiazole rings is 1. The van der Waals surface area contributed by atoms with Crippen molar-refractivity contribution in [2.75, 3.05) is 24.5 Å². The monoisotopic (exact) mass is 504 g/mol. The van der Waals surface area contributed by atoms with Gasteiger partial charge in [-0.3, -0.25) is 4.79 Å². The quantitative estimate of drug-likeness (QED) is 0.456. The zero-order valence-electron chi connectivity index (χ0n) is 19.3. The lowest BCUT2D eigenvalue weighted by molar-refractivity contribution is -0.137. The maximum absolute atomic E-state index is 13.6. The number of hydrogen-bond donors (Lipinski definition) is 1. The molecule has 4 aromatic rings. The van der Waals surface area contributed by atoms with Gasteiger partial charge in [0.05, 0.1) is 11.0 Å². The second-order valence-corrected chi connectivity index (χ2v) is 9.50. The second-order valence-electron chi connectivity index (χ2n) is 8.52. The van der Waals surface area contributed by atoms with Gasteiger partial charge in [-0.25, -0.2) is 19.6 Å².